The molecule has 6 heteroatoms. The number of alkyl halides is 3. The predicted molar refractivity (Wildman–Crippen MR) is 52.3 cm³/mol. The van der Waals surface area contributed by atoms with E-state index in [1.54, 1.807) is 22.9 Å². The van der Waals surface area contributed by atoms with Crippen LogP contribution in [0.25, 0.3) is 0 Å². The molecule has 0 unspecified atom stereocenters. The van der Waals surface area contributed by atoms with E-state index in [4.69, 9.17) is 0 Å². The average molecular weight is 319 g/mol. The minimum Gasteiger partial charge on any atom is -0.257 e. The number of hydrogen-bond acceptors (Lipinski definition) is 1. The molecule has 0 amide bonds. The summed E-state index contributed by atoms with van der Waals surface area (Å²) in [6.07, 6.45) is -4.42. The second kappa shape index (κ2) is 4.43. The van der Waals surface area contributed by atoms with Gasteiger partial charge in [0.1, 0.15) is 5.82 Å². The van der Waals surface area contributed by atoms with Crippen molar-refractivity contribution in [2.75, 3.05) is 0 Å². The molecule has 0 bridgehead atoms. The lowest BCUT2D eigenvalue weighted by atomic mass is 10.1. The van der Waals surface area contributed by atoms with Crippen LogP contribution >= 0.6 is 22.9 Å². The monoisotopic (exact) mass is 319 g/mol. The fraction of sp³-hybridized carbons (Fsp3) is 0.250. The van der Waals surface area contributed by atoms with Crippen LogP contribution in [0.5, 0.6) is 0 Å². The molecule has 0 radical (unpaired) electrons. The van der Waals surface area contributed by atoms with Gasteiger partial charge in [-0.15, -0.1) is 0 Å². The molecule has 0 saturated heterocycles. The minimum absolute atomic E-state index is 0.00854. The summed E-state index contributed by atoms with van der Waals surface area (Å²) >= 11 is 1.74. The lowest BCUT2D eigenvalue weighted by Gasteiger charge is -2.08. The lowest BCUT2D eigenvalue weighted by molar-refractivity contribution is -0.137. The topological polar surface area (TPSA) is 12.0 Å². The van der Waals surface area contributed by atoms with Gasteiger partial charge in [0, 0.05) is 35.0 Å². The Morgan fingerprint density at radius 2 is 1.93 bits per heavy atom. The number of nitrogens with one attached hydrogen (secondary N) is 1. The highest BCUT2D eigenvalue weighted by atomic mass is 127. The zero-order valence-corrected chi connectivity index (χ0v) is 8.99. The van der Waals surface area contributed by atoms with E-state index in [9.17, 15) is 17.6 Å². The van der Waals surface area contributed by atoms with Crippen molar-refractivity contribution in [3.63, 3.8) is 0 Å². The van der Waals surface area contributed by atoms with Crippen molar-refractivity contribution in [3.8, 4) is 0 Å². The Hall–Kier alpha value is -0.370. The molecule has 0 aliphatic rings. The second-order valence-electron chi connectivity index (χ2n) is 2.61. The molecule has 0 aliphatic heterocycles. The van der Waals surface area contributed by atoms with Crippen molar-refractivity contribution in [3.05, 3.63) is 35.1 Å². The summed E-state index contributed by atoms with van der Waals surface area (Å²) in [6, 6.07) is 2.36. The Balaban J connectivity index is 3.06. The number of halogens is 5. The fourth-order valence-electron chi connectivity index (χ4n) is 0.959. The molecular formula is C8H6F4IN. The van der Waals surface area contributed by atoms with E-state index in [0.29, 0.717) is 0 Å². The van der Waals surface area contributed by atoms with Gasteiger partial charge in [0.2, 0.25) is 0 Å². The van der Waals surface area contributed by atoms with E-state index in [1.807, 2.05) is 0 Å². The molecule has 0 aromatic heterocycles. The van der Waals surface area contributed by atoms with Gasteiger partial charge >= 0.3 is 6.18 Å². The Labute approximate surface area is 92.0 Å². The van der Waals surface area contributed by atoms with Gasteiger partial charge in [-0.2, -0.15) is 13.2 Å². The summed E-state index contributed by atoms with van der Waals surface area (Å²) in [5, 5.41) is 0. The van der Waals surface area contributed by atoms with E-state index < -0.39 is 17.6 Å². The summed E-state index contributed by atoms with van der Waals surface area (Å²) < 4.78 is 52.1. The molecule has 1 nitrogen and oxygen atoms in total. The van der Waals surface area contributed by atoms with Gasteiger partial charge in [-0.3, -0.25) is 3.53 Å². The Morgan fingerprint density at radius 3 is 2.43 bits per heavy atom. The third-order valence-corrected chi connectivity index (χ3v) is 2.01. The van der Waals surface area contributed by atoms with Crippen LogP contribution in [0.2, 0.25) is 0 Å². The number of hydrogen-bond donors (Lipinski definition) is 1. The summed E-state index contributed by atoms with van der Waals surface area (Å²) in [7, 11) is 0. The van der Waals surface area contributed by atoms with Crippen LogP contribution in [0, 0.1) is 5.82 Å². The summed E-state index contributed by atoms with van der Waals surface area (Å²) in [6.45, 7) is 0.0658. The van der Waals surface area contributed by atoms with E-state index in [2.05, 4.69) is 3.53 Å². The number of rotatable bonds is 2. The first kappa shape index (κ1) is 11.7. The summed E-state index contributed by atoms with van der Waals surface area (Å²) in [5.74, 6) is -0.637. The Bertz CT molecular complexity index is 324. The molecule has 0 spiro atoms. The molecular weight excluding hydrogens is 313 g/mol. The smallest absolute Gasteiger partial charge is 0.257 e. The van der Waals surface area contributed by atoms with Crippen LogP contribution in [0.1, 0.15) is 11.1 Å². The first-order valence-corrected chi connectivity index (χ1v) is 4.72. The maximum absolute atomic E-state index is 12.9. The van der Waals surface area contributed by atoms with Crippen molar-refractivity contribution >= 4 is 22.9 Å². The highest BCUT2D eigenvalue weighted by molar-refractivity contribution is 14.1. The van der Waals surface area contributed by atoms with Gasteiger partial charge in [0.25, 0.3) is 0 Å². The van der Waals surface area contributed by atoms with Crippen LogP contribution in [0.3, 0.4) is 0 Å². The average Bonchev–Trinajstić information content (AvgIpc) is 2.07. The molecule has 1 rings (SSSR count). The third-order valence-electron chi connectivity index (χ3n) is 1.63. The highest BCUT2D eigenvalue weighted by Crippen LogP contribution is 2.30. The van der Waals surface area contributed by atoms with E-state index >= 15 is 0 Å². The predicted octanol–water partition coefficient (Wildman–Crippen LogP) is 3.28. The standard InChI is InChI=1S/C8H6F4IN/c9-7-2-1-6(8(10,11)12)3-5(7)4-14-13/h1-3,14H,4H2. The maximum atomic E-state index is 12.9. The molecule has 78 valence electrons. The summed E-state index contributed by atoms with van der Waals surface area (Å²) in [4.78, 5) is 0. The molecule has 1 aromatic carbocycles. The molecule has 14 heavy (non-hydrogen) atoms. The van der Waals surface area contributed by atoms with Gasteiger partial charge in [-0.05, 0) is 18.2 Å². The second-order valence-corrected chi connectivity index (χ2v) is 3.38. The molecule has 0 saturated carbocycles. The third kappa shape index (κ3) is 2.81. The van der Waals surface area contributed by atoms with Gasteiger partial charge in [-0.25, -0.2) is 4.39 Å². The molecule has 1 N–H and O–H groups in total. The Kier molecular flexibility index (Phi) is 3.71. The van der Waals surface area contributed by atoms with Crippen molar-refractivity contribution in [1.82, 2.24) is 3.53 Å². The molecule has 0 fully saturated rings. The van der Waals surface area contributed by atoms with Crippen molar-refractivity contribution in [1.29, 1.82) is 0 Å². The van der Waals surface area contributed by atoms with Crippen LogP contribution < -0.4 is 3.53 Å². The van der Waals surface area contributed by atoms with Crippen molar-refractivity contribution < 1.29 is 17.6 Å². The van der Waals surface area contributed by atoms with Gasteiger partial charge in [0.15, 0.2) is 0 Å². The largest absolute Gasteiger partial charge is 0.416 e. The molecule has 0 atom stereocenters. The zero-order chi connectivity index (χ0) is 10.8. The quantitative estimate of drug-likeness (QED) is 0.501. The highest BCUT2D eigenvalue weighted by Gasteiger charge is 2.30. The van der Waals surface area contributed by atoms with E-state index in [1.165, 1.54) is 0 Å². The van der Waals surface area contributed by atoms with Crippen LogP contribution in [0.15, 0.2) is 18.2 Å². The van der Waals surface area contributed by atoms with Crippen molar-refractivity contribution in [2.24, 2.45) is 0 Å². The van der Waals surface area contributed by atoms with Crippen molar-refractivity contribution in [2.45, 2.75) is 12.7 Å². The molecule has 1 aromatic rings. The normalized spacial score (nSPS) is 11.8. The zero-order valence-electron chi connectivity index (χ0n) is 6.83. The first-order valence-electron chi connectivity index (χ1n) is 3.64. The van der Waals surface area contributed by atoms with E-state index in [0.717, 1.165) is 18.2 Å². The Morgan fingerprint density at radius 1 is 1.29 bits per heavy atom. The van der Waals surface area contributed by atoms with E-state index in [-0.39, 0.29) is 12.1 Å². The summed E-state index contributed by atoms with van der Waals surface area (Å²) in [5.41, 5.74) is -0.824. The lowest BCUT2D eigenvalue weighted by Crippen LogP contribution is -2.08. The number of benzene rings is 1. The van der Waals surface area contributed by atoms with Crippen LogP contribution in [0.4, 0.5) is 17.6 Å². The fourth-order valence-corrected chi connectivity index (χ4v) is 1.37. The van der Waals surface area contributed by atoms with Gasteiger partial charge in [-0.1, -0.05) is 0 Å². The maximum Gasteiger partial charge on any atom is 0.416 e. The van der Waals surface area contributed by atoms with Gasteiger partial charge < -0.3 is 0 Å². The van der Waals surface area contributed by atoms with Crippen LogP contribution in [-0.2, 0) is 12.7 Å². The molecule has 0 heterocycles. The SMILES string of the molecule is Fc1ccc(C(F)(F)F)cc1CNI. The molecule has 0 aliphatic carbocycles. The van der Waals surface area contributed by atoms with Gasteiger partial charge in [0.05, 0.1) is 5.56 Å². The van der Waals surface area contributed by atoms with Crippen LogP contribution in [-0.4, -0.2) is 0 Å². The minimum atomic E-state index is -4.42. The first-order chi connectivity index (χ1) is 6.45.